The molecule has 8 nitrogen and oxygen atoms in total. The average Bonchev–Trinajstić information content (AvgIpc) is 2.81. The molecule has 1 aliphatic heterocycles. The van der Waals surface area contributed by atoms with Crippen LogP contribution in [0.15, 0.2) is 65.6 Å². The fourth-order valence-electron chi connectivity index (χ4n) is 3.77. The molecule has 156 valence electrons. The van der Waals surface area contributed by atoms with Crippen molar-refractivity contribution in [2.45, 2.75) is 6.54 Å². The Balaban J connectivity index is 1.46. The van der Waals surface area contributed by atoms with Gasteiger partial charge in [-0.25, -0.2) is 15.1 Å². The second kappa shape index (κ2) is 8.63. The monoisotopic (exact) mass is 413 g/mol. The van der Waals surface area contributed by atoms with Crippen LogP contribution in [0, 0.1) is 0 Å². The maximum Gasteiger partial charge on any atom is 0.277 e. The molecule has 0 radical (unpaired) electrons. The smallest absolute Gasteiger partial charge is 0.277 e. The van der Waals surface area contributed by atoms with Gasteiger partial charge >= 0.3 is 0 Å². The molecule has 4 aromatic rings. The van der Waals surface area contributed by atoms with Gasteiger partial charge in [-0.1, -0.05) is 42.5 Å². The molecule has 0 atom stereocenters. The van der Waals surface area contributed by atoms with Crippen molar-refractivity contribution in [2.75, 3.05) is 31.5 Å². The zero-order chi connectivity index (χ0) is 21.0. The van der Waals surface area contributed by atoms with Crippen LogP contribution >= 0.6 is 0 Å². The van der Waals surface area contributed by atoms with Crippen molar-refractivity contribution < 1.29 is 0 Å². The van der Waals surface area contributed by atoms with Crippen LogP contribution < -0.4 is 16.2 Å². The van der Waals surface area contributed by atoms with E-state index >= 15 is 0 Å². The lowest BCUT2D eigenvalue weighted by Crippen LogP contribution is -2.42. The van der Waals surface area contributed by atoms with Gasteiger partial charge in [-0.05, 0) is 17.7 Å². The minimum atomic E-state index is -0.324. The topological polar surface area (TPSA) is 98.8 Å². The van der Waals surface area contributed by atoms with Gasteiger partial charge < -0.3 is 10.6 Å². The zero-order valence-corrected chi connectivity index (χ0v) is 17.0. The molecule has 31 heavy (non-hydrogen) atoms. The standard InChI is InChI=1S/C23H23N7O/c31-23-20-19(14-25-29-23)27-21(17-4-2-1-3-5-17)28-22(20)26-18-8-6-16(7-9-18)15-30-12-10-24-11-13-30/h1-9,14,24H,10-13,15H2,(H,29,31)(H,26,27,28). The summed E-state index contributed by atoms with van der Waals surface area (Å²) < 4.78 is 0. The Kier molecular flexibility index (Phi) is 5.39. The van der Waals surface area contributed by atoms with Crippen LogP contribution in [0.4, 0.5) is 11.5 Å². The van der Waals surface area contributed by atoms with Crippen LogP contribution in [0.2, 0.25) is 0 Å². The molecule has 0 unspecified atom stereocenters. The van der Waals surface area contributed by atoms with E-state index in [9.17, 15) is 4.79 Å². The van der Waals surface area contributed by atoms with E-state index in [4.69, 9.17) is 0 Å². The van der Waals surface area contributed by atoms with Crippen molar-refractivity contribution in [3.8, 4) is 11.4 Å². The van der Waals surface area contributed by atoms with Gasteiger partial charge in [0, 0.05) is 44.0 Å². The van der Waals surface area contributed by atoms with Crippen molar-refractivity contribution in [3.05, 3.63) is 76.7 Å². The molecule has 0 spiro atoms. The Bertz CT molecular complexity index is 1230. The molecule has 0 saturated carbocycles. The number of benzene rings is 2. The fraction of sp³-hybridized carbons (Fsp3) is 0.217. The SMILES string of the molecule is O=c1[nH]ncc2nc(-c3ccccc3)nc(Nc3ccc(CN4CCNCC4)cc3)c12. The Morgan fingerprint density at radius 1 is 0.968 bits per heavy atom. The van der Waals surface area contributed by atoms with Crippen molar-refractivity contribution in [1.29, 1.82) is 0 Å². The molecule has 1 saturated heterocycles. The Morgan fingerprint density at radius 3 is 2.52 bits per heavy atom. The normalized spacial score (nSPS) is 14.6. The predicted octanol–water partition coefficient (Wildman–Crippen LogP) is 2.53. The summed E-state index contributed by atoms with van der Waals surface area (Å²) in [7, 11) is 0. The summed E-state index contributed by atoms with van der Waals surface area (Å²) in [5, 5.41) is 13.4. The van der Waals surface area contributed by atoms with Gasteiger partial charge in [0.1, 0.15) is 16.7 Å². The number of aromatic nitrogens is 4. The van der Waals surface area contributed by atoms with Crippen molar-refractivity contribution in [3.63, 3.8) is 0 Å². The minimum Gasteiger partial charge on any atom is -0.339 e. The molecule has 3 heterocycles. The Labute approximate surface area is 179 Å². The highest BCUT2D eigenvalue weighted by Gasteiger charge is 2.14. The minimum absolute atomic E-state index is 0.324. The number of H-pyrrole nitrogens is 1. The zero-order valence-electron chi connectivity index (χ0n) is 17.0. The highest BCUT2D eigenvalue weighted by Crippen LogP contribution is 2.25. The number of aromatic amines is 1. The van der Waals surface area contributed by atoms with Crippen LogP contribution in [0.1, 0.15) is 5.56 Å². The quantitative estimate of drug-likeness (QED) is 0.462. The van der Waals surface area contributed by atoms with Crippen molar-refractivity contribution in [1.82, 2.24) is 30.4 Å². The number of piperazine rings is 1. The van der Waals surface area contributed by atoms with E-state index < -0.39 is 0 Å². The van der Waals surface area contributed by atoms with Crippen LogP contribution in [-0.2, 0) is 6.54 Å². The first-order valence-corrected chi connectivity index (χ1v) is 10.4. The summed E-state index contributed by atoms with van der Waals surface area (Å²) in [5.74, 6) is 1.00. The Hall–Kier alpha value is -3.62. The molecule has 0 bridgehead atoms. The van der Waals surface area contributed by atoms with Crippen LogP contribution in [0.3, 0.4) is 0 Å². The van der Waals surface area contributed by atoms with Gasteiger partial charge in [0.05, 0.1) is 6.20 Å². The summed E-state index contributed by atoms with van der Waals surface area (Å²) in [4.78, 5) is 24.1. The second-order valence-electron chi connectivity index (χ2n) is 7.57. The molecule has 2 aromatic carbocycles. The molecule has 0 amide bonds. The lowest BCUT2D eigenvalue weighted by Gasteiger charge is -2.27. The summed E-state index contributed by atoms with van der Waals surface area (Å²) in [5.41, 5.74) is 3.16. The maximum absolute atomic E-state index is 12.5. The lowest BCUT2D eigenvalue weighted by atomic mass is 10.1. The molecule has 0 aliphatic carbocycles. The fourth-order valence-corrected chi connectivity index (χ4v) is 3.77. The number of anilines is 2. The summed E-state index contributed by atoms with van der Waals surface area (Å²) in [6.45, 7) is 5.13. The highest BCUT2D eigenvalue weighted by atomic mass is 16.1. The van der Waals surface area contributed by atoms with Gasteiger partial charge in [0.25, 0.3) is 5.56 Å². The van der Waals surface area contributed by atoms with Gasteiger partial charge in [-0.2, -0.15) is 5.10 Å². The maximum atomic E-state index is 12.5. The first-order valence-electron chi connectivity index (χ1n) is 10.4. The third-order valence-corrected chi connectivity index (χ3v) is 5.38. The van der Waals surface area contributed by atoms with E-state index in [1.165, 1.54) is 5.56 Å². The van der Waals surface area contributed by atoms with Crippen LogP contribution in [0.5, 0.6) is 0 Å². The molecule has 1 fully saturated rings. The first-order chi connectivity index (χ1) is 15.3. The third kappa shape index (κ3) is 4.30. The number of rotatable bonds is 5. The summed E-state index contributed by atoms with van der Waals surface area (Å²) in [6.07, 6.45) is 1.55. The van der Waals surface area contributed by atoms with Gasteiger partial charge in [0.15, 0.2) is 5.82 Å². The van der Waals surface area contributed by atoms with E-state index in [0.29, 0.717) is 22.5 Å². The number of nitrogens with one attached hydrogen (secondary N) is 3. The molecular weight excluding hydrogens is 390 g/mol. The predicted molar refractivity (Wildman–Crippen MR) is 121 cm³/mol. The number of hydrogen-bond acceptors (Lipinski definition) is 7. The molecule has 1 aliphatic rings. The van der Waals surface area contributed by atoms with Crippen LogP contribution in [-0.4, -0.2) is 51.2 Å². The summed E-state index contributed by atoms with van der Waals surface area (Å²) in [6, 6.07) is 17.9. The van der Waals surface area contributed by atoms with Gasteiger partial charge in [-0.3, -0.25) is 9.69 Å². The van der Waals surface area contributed by atoms with Gasteiger partial charge in [0.2, 0.25) is 0 Å². The number of hydrogen-bond donors (Lipinski definition) is 3. The molecular formula is C23H23N7O. The molecule has 5 rings (SSSR count). The Morgan fingerprint density at radius 2 is 1.74 bits per heavy atom. The molecule has 8 heteroatoms. The largest absolute Gasteiger partial charge is 0.339 e. The van der Waals surface area contributed by atoms with Crippen molar-refractivity contribution in [2.24, 2.45) is 0 Å². The highest BCUT2D eigenvalue weighted by molar-refractivity contribution is 5.90. The third-order valence-electron chi connectivity index (χ3n) is 5.38. The molecule has 2 aromatic heterocycles. The molecule has 3 N–H and O–H groups in total. The van der Waals surface area contributed by atoms with Crippen LogP contribution in [0.25, 0.3) is 22.3 Å². The summed E-state index contributed by atoms with van der Waals surface area (Å²) >= 11 is 0. The first kappa shape index (κ1) is 19.3. The van der Waals surface area contributed by atoms with E-state index in [1.54, 1.807) is 6.20 Å². The van der Waals surface area contributed by atoms with E-state index in [0.717, 1.165) is 44.0 Å². The van der Waals surface area contributed by atoms with E-state index in [1.807, 2.05) is 42.5 Å². The number of nitrogens with zero attached hydrogens (tertiary/aromatic N) is 4. The lowest BCUT2D eigenvalue weighted by molar-refractivity contribution is 0.233. The number of fused-ring (bicyclic) bond motifs is 1. The second-order valence-corrected chi connectivity index (χ2v) is 7.57. The van der Waals surface area contributed by atoms with Crippen molar-refractivity contribution >= 4 is 22.4 Å². The van der Waals surface area contributed by atoms with Gasteiger partial charge in [-0.15, -0.1) is 0 Å². The van der Waals surface area contributed by atoms with E-state index in [-0.39, 0.29) is 5.56 Å². The van der Waals surface area contributed by atoms with E-state index in [2.05, 4.69) is 47.8 Å². The average molecular weight is 413 g/mol.